The number of hydrogen-bond acceptors (Lipinski definition) is 2. The van der Waals surface area contributed by atoms with Crippen molar-refractivity contribution in [2.45, 2.75) is 92.2 Å². The lowest BCUT2D eigenvalue weighted by Gasteiger charge is -2.39. The van der Waals surface area contributed by atoms with Gasteiger partial charge in [0.1, 0.15) is 0 Å². The Bertz CT molecular complexity index is 347. The predicted molar refractivity (Wildman–Crippen MR) is 106 cm³/mol. The van der Waals surface area contributed by atoms with E-state index in [1.54, 1.807) is 0 Å². The minimum atomic E-state index is -5.08. The Morgan fingerprint density at radius 1 is 0.714 bits per heavy atom. The largest absolute Gasteiger partial charge is 0.490 e. The first kappa shape index (κ1) is 31.4. The van der Waals surface area contributed by atoms with Crippen molar-refractivity contribution in [1.29, 1.82) is 0 Å². The Morgan fingerprint density at radius 2 is 0.893 bits per heavy atom. The molecule has 0 aromatic carbocycles. The zero-order valence-corrected chi connectivity index (χ0v) is 18.3. The van der Waals surface area contributed by atoms with Gasteiger partial charge in [0.05, 0.1) is 26.2 Å². The maximum Gasteiger partial charge on any atom is 0.490 e. The van der Waals surface area contributed by atoms with Gasteiger partial charge in [0.15, 0.2) is 0 Å². The molecule has 0 aliphatic heterocycles. The lowest BCUT2D eigenvalue weighted by Crippen LogP contribution is -2.50. The minimum Gasteiger partial charge on any atom is -0.481 e. The van der Waals surface area contributed by atoms with E-state index in [1.807, 2.05) is 0 Å². The van der Waals surface area contributed by atoms with Crippen LogP contribution in [0.2, 0.25) is 0 Å². The Balaban J connectivity index is -0.000000466. The molecule has 0 saturated carbocycles. The number of halogens is 3. The molecule has 170 valence electrons. The van der Waals surface area contributed by atoms with Crippen LogP contribution in [0.4, 0.5) is 13.2 Å². The molecule has 0 spiro atoms. The second kappa shape index (κ2) is 19.0. The quantitative estimate of drug-likeness (QED) is 0.399. The molecular formula is C20H41F3NO4+. The van der Waals surface area contributed by atoms with Gasteiger partial charge in [-0.25, -0.2) is 4.79 Å². The summed E-state index contributed by atoms with van der Waals surface area (Å²) in [4.78, 5) is 17.9. The van der Waals surface area contributed by atoms with Crippen LogP contribution in [0.5, 0.6) is 0 Å². The number of unbranched alkanes of at least 4 members (excludes halogenated alkanes) is 4. The third-order valence-corrected chi connectivity index (χ3v) is 4.19. The highest BCUT2D eigenvalue weighted by atomic mass is 19.4. The van der Waals surface area contributed by atoms with Crippen LogP contribution in [0.25, 0.3) is 0 Å². The van der Waals surface area contributed by atoms with Crippen LogP contribution in [-0.2, 0) is 9.59 Å². The lowest BCUT2D eigenvalue weighted by atomic mass is 10.1. The van der Waals surface area contributed by atoms with Gasteiger partial charge in [-0.15, -0.1) is 0 Å². The molecule has 0 radical (unpaired) electrons. The van der Waals surface area contributed by atoms with E-state index >= 15 is 0 Å². The fourth-order valence-corrected chi connectivity index (χ4v) is 2.64. The smallest absolute Gasteiger partial charge is 0.481 e. The molecule has 0 fully saturated rings. The summed E-state index contributed by atoms with van der Waals surface area (Å²) in [6, 6.07) is 0. The monoisotopic (exact) mass is 416 g/mol. The van der Waals surface area contributed by atoms with E-state index < -0.39 is 18.1 Å². The SMILES string of the molecule is CC(=O)O.CCCC[N+](CCCC)(CCCC)CCCC.O=C(O)C(F)(F)F. The Kier molecular flexibility index (Phi) is 21.3. The standard InChI is InChI=1S/C16H36N.C2HF3O2.C2H4O2/c1-5-9-13-17(14-10-6-2,15-11-7-3)16-12-8-4;3-2(4,5)1(6)7;1-2(3)4/h5-16H2,1-4H3;(H,6,7);1H3,(H,3,4)/q+1;;. The minimum absolute atomic E-state index is 0.833. The summed E-state index contributed by atoms with van der Waals surface area (Å²) in [7, 11) is 0. The normalized spacial score (nSPS) is 11.0. The van der Waals surface area contributed by atoms with Gasteiger partial charge >= 0.3 is 12.1 Å². The summed E-state index contributed by atoms with van der Waals surface area (Å²) in [5.41, 5.74) is 0. The number of hydrogen-bond donors (Lipinski definition) is 2. The molecule has 0 aromatic rings. The highest BCUT2D eigenvalue weighted by molar-refractivity contribution is 5.73. The Morgan fingerprint density at radius 3 is 1.00 bits per heavy atom. The zero-order chi connectivity index (χ0) is 22.6. The van der Waals surface area contributed by atoms with Gasteiger partial charge in [0, 0.05) is 6.92 Å². The Hall–Kier alpha value is -1.31. The van der Waals surface area contributed by atoms with Crippen molar-refractivity contribution in [1.82, 2.24) is 0 Å². The maximum atomic E-state index is 10.6. The van der Waals surface area contributed by atoms with E-state index in [0.29, 0.717) is 0 Å². The number of carboxylic acids is 2. The second-order valence-corrected chi connectivity index (χ2v) is 6.97. The zero-order valence-electron chi connectivity index (χ0n) is 18.3. The van der Waals surface area contributed by atoms with Gasteiger partial charge < -0.3 is 14.7 Å². The number of nitrogens with zero attached hydrogens (tertiary/aromatic N) is 1. The van der Waals surface area contributed by atoms with Crippen molar-refractivity contribution in [3.05, 3.63) is 0 Å². The lowest BCUT2D eigenvalue weighted by molar-refractivity contribution is -0.929. The van der Waals surface area contributed by atoms with Gasteiger partial charge in [-0.2, -0.15) is 13.2 Å². The molecule has 0 unspecified atom stereocenters. The third kappa shape index (κ3) is 22.7. The summed E-state index contributed by atoms with van der Waals surface area (Å²) in [5, 5.41) is 14.5. The van der Waals surface area contributed by atoms with Crippen LogP contribution in [0.1, 0.15) is 86.0 Å². The molecule has 0 saturated heterocycles. The van der Waals surface area contributed by atoms with Crippen LogP contribution in [0.3, 0.4) is 0 Å². The highest BCUT2D eigenvalue weighted by Gasteiger charge is 2.38. The molecule has 0 aliphatic carbocycles. The average Bonchev–Trinajstić information content (AvgIpc) is 2.60. The van der Waals surface area contributed by atoms with Gasteiger partial charge in [0.2, 0.25) is 0 Å². The van der Waals surface area contributed by atoms with Crippen molar-refractivity contribution in [3.63, 3.8) is 0 Å². The number of alkyl halides is 3. The first-order chi connectivity index (χ1) is 12.9. The molecule has 0 heterocycles. The fourth-order valence-electron chi connectivity index (χ4n) is 2.64. The van der Waals surface area contributed by atoms with Crippen molar-refractivity contribution < 1.29 is 37.5 Å². The number of carboxylic acid groups (broad SMARTS) is 2. The number of rotatable bonds is 12. The Labute approximate surface area is 168 Å². The van der Waals surface area contributed by atoms with Crippen molar-refractivity contribution in [2.24, 2.45) is 0 Å². The summed E-state index contributed by atoms with van der Waals surface area (Å²) in [6.45, 7) is 16.1. The van der Waals surface area contributed by atoms with Gasteiger partial charge in [-0.1, -0.05) is 53.4 Å². The van der Waals surface area contributed by atoms with E-state index in [4.69, 9.17) is 19.8 Å². The summed E-state index contributed by atoms with van der Waals surface area (Å²) in [6.07, 6.45) is 5.98. The highest BCUT2D eigenvalue weighted by Crippen LogP contribution is 2.16. The van der Waals surface area contributed by atoms with Crippen molar-refractivity contribution >= 4 is 11.9 Å². The molecule has 0 bridgehead atoms. The number of aliphatic carboxylic acids is 2. The van der Waals surface area contributed by atoms with Crippen molar-refractivity contribution in [2.75, 3.05) is 26.2 Å². The molecule has 2 N–H and O–H groups in total. The van der Waals surface area contributed by atoms with Crippen molar-refractivity contribution in [3.8, 4) is 0 Å². The molecular weight excluding hydrogens is 375 g/mol. The van der Waals surface area contributed by atoms with Crippen LogP contribution in [-0.4, -0.2) is 59.0 Å². The second-order valence-electron chi connectivity index (χ2n) is 6.97. The van der Waals surface area contributed by atoms with E-state index in [9.17, 15) is 13.2 Å². The molecule has 0 aliphatic rings. The molecule has 0 atom stereocenters. The van der Waals surface area contributed by atoms with Crippen LogP contribution in [0, 0.1) is 0 Å². The van der Waals surface area contributed by atoms with Crippen LogP contribution < -0.4 is 0 Å². The average molecular weight is 417 g/mol. The van der Waals surface area contributed by atoms with Crippen LogP contribution in [0.15, 0.2) is 0 Å². The first-order valence-electron chi connectivity index (χ1n) is 10.3. The predicted octanol–water partition coefficient (Wildman–Crippen LogP) is 5.73. The third-order valence-electron chi connectivity index (χ3n) is 4.19. The van der Waals surface area contributed by atoms with E-state index in [1.165, 1.54) is 82.0 Å². The van der Waals surface area contributed by atoms with Crippen LogP contribution >= 0.6 is 0 Å². The topological polar surface area (TPSA) is 74.6 Å². The molecule has 5 nitrogen and oxygen atoms in total. The number of carbonyl (C=O) groups is 2. The van der Waals surface area contributed by atoms with E-state index in [2.05, 4.69) is 27.7 Å². The molecule has 0 rings (SSSR count). The molecule has 8 heteroatoms. The van der Waals surface area contributed by atoms with Gasteiger partial charge in [0.25, 0.3) is 5.97 Å². The molecule has 0 aromatic heterocycles. The van der Waals surface area contributed by atoms with Gasteiger partial charge in [-0.3, -0.25) is 4.79 Å². The first-order valence-corrected chi connectivity index (χ1v) is 10.3. The molecule has 28 heavy (non-hydrogen) atoms. The summed E-state index contributed by atoms with van der Waals surface area (Å²) < 4.78 is 33.2. The number of quaternary nitrogens is 1. The fraction of sp³-hybridized carbons (Fsp3) is 0.900. The maximum absolute atomic E-state index is 10.6. The van der Waals surface area contributed by atoms with Gasteiger partial charge in [-0.05, 0) is 25.7 Å². The summed E-state index contributed by atoms with van der Waals surface area (Å²) in [5.74, 6) is -3.59. The molecule has 0 amide bonds. The van der Waals surface area contributed by atoms with E-state index in [-0.39, 0.29) is 0 Å². The summed E-state index contributed by atoms with van der Waals surface area (Å²) >= 11 is 0. The van der Waals surface area contributed by atoms with E-state index in [0.717, 1.165) is 6.92 Å².